The predicted molar refractivity (Wildman–Crippen MR) is 68.6 cm³/mol. The zero-order chi connectivity index (χ0) is 14.0. The van der Waals surface area contributed by atoms with Gasteiger partial charge in [0.25, 0.3) is 0 Å². The van der Waals surface area contributed by atoms with E-state index in [-0.39, 0.29) is 16.3 Å². The summed E-state index contributed by atoms with van der Waals surface area (Å²) in [6.07, 6.45) is 3.08. The number of hydrogen-bond donors (Lipinski definition) is 3. The van der Waals surface area contributed by atoms with Crippen molar-refractivity contribution in [3.8, 4) is 0 Å². The third-order valence-corrected chi connectivity index (χ3v) is 5.09. The predicted octanol–water partition coefficient (Wildman–Crippen LogP) is 0.956. The van der Waals surface area contributed by atoms with Crippen molar-refractivity contribution in [2.24, 2.45) is 0 Å². The second-order valence-corrected chi connectivity index (χ2v) is 6.76. The van der Waals surface area contributed by atoms with Crippen molar-refractivity contribution in [2.45, 2.75) is 18.4 Å². The zero-order valence-corrected chi connectivity index (χ0v) is 11.5. The molecule has 0 aromatic carbocycles. The number of thiophene rings is 1. The van der Waals surface area contributed by atoms with Crippen LogP contribution in [0.1, 0.15) is 20.1 Å². The molecule has 0 bridgehead atoms. The molecule has 2 rings (SSSR count). The minimum Gasteiger partial charge on any atom is -0.477 e. The van der Waals surface area contributed by atoms with Crippen LogP contribution in [0.3, 0.4) is 0 Å². The number of H-pyrrole nitrogens is 1. The van der Waals surface area contributed by atoms with Gasteiger partial charge in [-0.3, -0.25) is 5.10 Å². The minimum atomic E-state index is -3.72. The Morgan fingerprint density at radius 1 is 1.58 bits per heavy atom. The van der Waals surface area contributed by atoms with Crippen LogP contribution in [-0.2, 0) is 16.6 Å². The Morgan fingerprint density at radius 2 is 2.32 bits per heavy atom. The first-order valence-corrected chi connectivity index (χ1v) is 7.51. The number of rotatable bonds is 5. The van der Waals surface area contributed by atoms with Gasteiger partial charge in [-0.2, -0.15) is 5.10 Å². The number of nitrogens with one attached hydrogen (secondary N) is 2. The van der Waals surface area contributed by atoms with Gasteiger partial charge < -0.3 is 5.11 Å². The van der Waals surface area contributed by atoms with Crippen LogP contribution >= 0.6 is 11.3 Å². The maximum Gasteiger partial charge on any atom is 0.345 e. The van der Waals surface area contributed by atoms with Crippen molar-refractivity contribution in [1.29, 1.82) is 0 Å². The summed E-state index contributed by atoms with van der Waals surface area (Å²) in [5.41, 5.74) is 0.690. The van der Waals surface area contributed by atoms with E-state index in [1.165, 1.54) is 12.3 Å². The van der Waals surface area contributed by atoms with Crippen LogP contribution in [0.5, 0.6) is 0 Å². The Hall–Kier alpha value is -1.71. The van der Waals surface area contributed by atoms with Gasteiger partial charge in [-0.15, -0.1) is 11.3 Å². The van der Waals surface area contributed by atoms with Gasteiger partial charge in [0.05, 0.1) is 11.1 Å². The fourth-order valence-corrected chi connectivity index (χ4v) is 3.91. The topological polar surface area (TPSA) is 112 Å². The van der Waals surface area contributed by atoms with Gasteiger partial charge in [-0.05, 0) is 13.0 Å². The maximum atomic E-state index is 12.1. The Morgan fingerprint density at radius 3 is 2.84 bits per heavy atom. The highest BCUT2D eigenvalue weighted by Crippen LogP contribution is 2.25. The van der Waals surface area contributed by atoms with E-state index >= 15 is 0 Å². The third kappa shape index (κ3) is 3.00. The molecule has 0 spiro atoms. The molecule has 2 aromatic rings. The molecule has 0 atom stereocenters. The zero-order valence-electron chi connectivity index (χ0n) is 9.87. The number of sulfonamides is 1. The van der Waals surface area contributed by atoms with Crippen LogP contribution in [0.25, 0.3) is 0 Å². The summed E-state index contributed by atoms with van der Waals surface area (Å²) in [6, 6.07) is 1.17. The fraction of sp³-hybridized carbons (Fsp3) is 0.200. The SMILES string of the molecule is Cc1sc(C(=O)O)cc1S(=O)(=O)NCc1cn[nH]c1. The van der Waals surface area contributed by atoms with Crippen molar-refractivity contribution < 1.29 is 18.3 Å². The van der Waals surface area contributed by atoms with Crippen molar-refractivity contribution in [3.05, 3.63) is 33.8 Å². The second kappa shape index (κ2) is 5.11. The third-order valence-electron chi connectivity index (χ3n) is 2.39. The molecule has 0 aliphatic rings. The molecule has 2 heterocycles. The fourth-order valence-electron chi connectivity index (χ4n) is 1.47. The number of nitrogens with zero attached hydrogens (tertiary/aromatic N) is 1. The van der Waals surface area contributed by atoms with E-state index in [1.54, 1.807) is 13.1 Å². The second-order valence-electron chi connectivity index (χ2n) is 3.77. The monoisotopic (exact) mass is 301 g/mol. The number of carbonyl (C=O) groups is 1. The Balaban J connectivity index is 2.22. The first kappa shape index (κ1) is 13.7. The smallest absolute Gasteiger partial charge is 0.345 e. The molecule has 19 heavy (non-hydrogen) atoms. The Kier molecular flexibility index (Phi) is 3.69. The summed E-state index contributed by atoms with van der Waals surface area (Å²) in [6.45, 7) is 1.67. The van der Waals surface area contributed by atoms with E-state index in [0.717, 1.165) is 11.3 Å². The van der Waals surface area contributed by atoms with E-state index in [4.69, 9.17) is 5.11 Å². The molecular weight excluding hydrogens is 290 g/mol. The van der Waals surface area contributed by atoms with Gasteiger partial charge in [0.15, 0.2) is 0 Å². The van der Waals surface area contributed by atoms with Crippen LogP contribution in [-0.4, -0.2) is 29.7 Å². The Bertz CT molecular complexity index is 688. The first-order valence-electron chi connectivity index (χ1n) is 5.21. The van der Waals surface area contributed by atoms with Gasteiger partial charge in [-0.25, -0.2) is 17.9 Å². The molecule has 0 aliphatic heterocycles. The summed E-state index contributed by atoms with van der Waals surface area (Å²) in [7, 11) is -3.72. The number of aryl methyl sites for hydroxylation is 1. The van der Waals surface area contributed by atoms with E-state index in [1.807, 2.05) is 0 Å². The average molecular weight is 301 g/mol. The maximum absolute atomic E-state index is 12.1. The molecule has 0 amide bonds. The van der Waals surface area contributed by atoms with E-state index in [2.05, 4.69) is 14.9 Å². The van der Waals surface area contributed by atoms with Gasteiger partial charge >= 0.3 is 5.97 Å². The molecule has 3 N–H and O–H groups in total. The molecule has 9 heteroatoms. The highest BCUT2D eigenvalue weighted by molar-refractivity contribution is 7.89. The molecule has 0 saturated carbocycles. The van der Waals surface area contributed by atoms with Crippen molar-refractivity contribution >= 4 is 27.3 Å². The summed E-state index contributed by atoms with van der Waals surface area (Å²) in [5.74, 6) is -1.13. The lowest BCUT2D eigenvalue weighted by molar-refractivity contribution is 0.0702. The molecule has 0 aliphatic carbocycles. The van der Waals surface area contributed by atoms with Gasteiger partial charge in [-0.1, -0.05) is 0 Å². The van der Waals surface area contributed by atoms with Crippen LogP contribution in [0, 0.1) is 6.92 Å². The molecule has 102 valence electrons. The molecule has 0 unspecified atom stereocenters. The number of hydrogen-bond acceptors (Lipinski definition) is 5. The standard InChI is InChI=1S/C10H11N3O4S2/c1-6-9(2-8(18-6)10(14)15)19(16,17)13-5-7-3-11-12-4-7/h2-4,13H,5H2,1H3,(H,11,12)(H,14,15). The van der Waals surface area contributed by atoms with Crippen molar-refractivity contribution in [3.63, 3.8) is 0 Å². The number of aromatic carboxylic acids is 1. The van der Waals surface area contributed by atoms with Crippen LogP contribution in [0.15, 0.2) is 23.4 Å². The lowest BCUT2D eigenvalue weighted by Crippen LogP contribution is -2.23. The Labute approximate surface area is 113 Å². The van der Waals surface area contributed by atoms with Gasteiger partial charge in [0.2, 0.25) is 10.0 Å². The molecule has 0 fully saturated rings. The highest BCUT2D eigenvalue weighted by atomic mass is 32.2. The molecule has 7 nitrogen and oxygen atoms in total. The number of aromatic nitrogens is 2. The van der Waals surface area contributed by atoms with E-state index in [9.17, 15) is 13.2 Å². The summed E-state index contributed by atoms with van der Waals surface area (Å²) < 4.78 is 26.5. The number of carboxylic acids is 1. The van der Waals surface area contributed by atoms with Gasteiger partial charge in [0.1, 0.15) is 4.88 Å². The van der Waals surface area contributed by atoms with E-state index < -0.39 is 16.0 Å². The number of carboxylic acid groups (broad SMARTS) is 1. The summed E-state index contributed by atoms with van der Waals surface area (Å²) >= 11 is 0.935. The molecule has 2 aromatic heterocycles. The average Bonchev–Trinajstić information content (AvgIpc) is 2.95. The summed E-state index contributed by atoms with van der Waals surface area (Å²) in [5, 5.41) is 15.1. The molecular formula is C10H11N3O4S2. The van der Waals surface area contributed by atoms with Gasteiger partial charge in [0, 0.05) is 23.2 Å². The summed E-state index contributed by atoms with van der Waals surface area (Å²) in [4.78, 5) is 11.3. The first-order chi connectivity index (χ1) is 8.90. The van der Waals surface area contributed by atoms with E-state index in [0.29, 0.717) is 10.4 Å². The lowest BCUT2D eigenvalue weighted by Gasteiger charge is -2.04. The lowest BCUT2D eigenvalue weighted by atomic mass is 10.4. The minimum absolute atomic E-state index is 0.00110. The van der Waals surface area contributed by atoms with Crippen LogP contribution in [0.2, 0.25) is 0 Å². The normalized spacial score (nSPS) is 11.6. The van der Waals surface area contributed by atoms with Crippen LogP contribution < -0.4 is 4.72 Å². The number of aromatic amines is 1. The largest absolute Gasteiger partial charge is 0.477 e. The molecule has 0 saturated heterocycles. The van der Waals surface area contributed by atoms with Crippen molar-refractivity contribution in [1.82, 2.24) is 14.9 Å². The van der Waals surface area contributed by atoms with Crippen LogP contribution in [0.4, 0.5) is 0 Å². The highest BCUT2D eigenvalue weighted by Gasteiger charge is 2.21. The molecule has 0 radical (unpaired) electrons. The van der Waals surface area contributed by atoms with Crippen molar-refractivity contribution in [2.75, 3.05) is 0 Å². The quantitative estimate of drug-likeness (QED) is 0.761.